The zero-order valence-corrected chi connectivity index (χ0v) is 11.9. The monoisotopic (exact) mass is 286 g/mol. The van der Waals surface area contributed by atoms with Crippen molar-refractivity contribution in [3.63, 3.8) is 0 Å². The van der Waals surface area contributed by atoms with E-state index in [0.717, 1.165) is 12.8 Å². The van der Waals surface area contributed by atoms with Gasteiger partial charge in [-0.3, -0.25) is 4.79 Å². The fourth-order valence-electron chi connectivity index (χ4n) is 2.38. The van der Waals surface area contributed by atoms with Crippen LogP contribution in [0.4, 0.5) is 0 Å². The van der Waals surface area contributed by atoms with Gasteiger partial charge in [0.05, 0.1) is 0 Å². The normalized spacial score (nSPS) is 21.1. The first-order valence-corrected chi connectivity index (χ1v) is 7.60. The zero-order valence-electron chi connectivity index (χ0n) is 11.1. The molecule has 0 N–H and O–H groups in total. The van der Waals surface area contributed by atoms with E-state index < -0.39 is 10.0 Å². The largest absolute Gasteiger partial charge is 0.440 e. The SMILES string of the molecule is CN(C)CC1CCCN1S(=O)(=O)c1ccc(C=O)o1. The van der Waals surface area contributed by atoms with Crippen LogP contribution in [0.2, 0.25) is 0 Å². The summed E-state index contributed by atoms with van der Waals surface area (Å²) in [6, 6.07) is 2.67. The molecular formula is C12H18N2O4S. The molecule has 106 valence electrons. The van der Waals surface area contributed by atoms with Crippen LogP contribution >= 0.6 is 0 Å². The third-order valence-corrected chi connectivity index (χ3v) is 5.01. The number of carbonyl (C=O) groups is 1. The number of likely N-dealkylation sites (N-methyl/N-ethyl adjacent to an activating group) is 1. The molecule has 0 radical (unpaired) electrons. The topological polar surface area (TPSA) is 70.8 Å². The maximum absolute atomic E-state index is 12.5. The summed E-state index contributed by atoms with van der Waals surface area (Å²) < 4.78 is 31.4. The molecule has 0 bridgehead atoms. The van der Waals surface area contributed by atoms with Crippen molar-refractivity contribution in [3.8, 4) is 0 Å². The summed E-state index contributed by atoms with van der Waals surface area (Å²) in [6.07, 6.45) is 2.19. The minimum absolute atomic E-state index is 0.0296. The number of nitrogens with zero attached hydrogens (tertiary/aromatic N) is 2. The van der Waals surface area contributed by atoms with Crippen molar-refractivity contribution in [2.75, 3.05) is 27.2 Å². The van der Waals surface area contributed by atoms with E-state index >= 15 is 0 Å². The van der Waals surface area contributed by atoms with E-state index in [1.165, 1.54) is 16.4 Å². The molecule has 1 atom stereocenters. The molecule has 0 saturated carbocycles. The second kappa shape index (κ2) is 5.44. The lowest BCUT2D eigenvalue weighted by molar-refractivity contribution is 0.109. The van der Waals surface area contributed by atoms with E-state index in [9.17, 15) is 13.2 Å². The van der Waals surface area contributed by atoms with Gasteiger partial charge in [0.25, 0.3) is 10.0 Å². The number of rotatable bonds is 5. The van der Waals surface area contributed by atoms with E-state index in [1.807, 2.05) is 19.0 Å². The summed E-state index contributed by atoms with van der Waals surface area (Å²) in [4.78, 5) is 12.5. The lowest BCUT2D eigenvalue weighted by Gasteiger charge is -2.25. The lowest BCUT2D eigenvalue weighted by Crippen LogP contribution is -2.41. The van der Waals surface area contributed by atoms with Gasteiger partial charge in [-0.1, -0.05) is 0 Å². The van der Waals surface area contributed by atoms with Gasteiger partial charge in [-0.2, -0.15) is 4.31 Å². The van der Waals surface area contributed by atoms with E-state index in [4.69, 9.17) is 4.42 Å². The molecule has 2 rings (SSSR count). The first-order chi connectivity index (χ1) is 8.95. The average Bonchev–Trinajstić information content (AvgIpc) is 2.95. The summed E-state index contributed by atoms with van der Waals surface area (Å²) in [5.74, 6) is 0.0296. The van der Waals surface area contributed by atoms with Crippen molar-refractivity contribution in [1.82, 2.24) is 9.21 Å². The molecule has 0 aromatic carbocycles. The highest BCUT2D eigenvalue weighted by atomic mass is 32.2. The van der Waals surface area contributed by atoms with Crippen LogP contribution < -0.4 is 0 Å². The molecule has 1 aliphatic heterocycles. The minimum Gasteiger partial charge on any atom is -0.440 e. The van der Waals surface area contributed by atoms with Crippen LogP contribution in [0.25, 0.3) is 0 Å². The standard InChI is InChI=1S/C12H18N2O4S/c1-13(2)8-10-4-3-7-14(10)19(16,17)12-6-5-11(9-15)18-12/h5-6,9-10H,3-4,7-8H2,1-2H3. The van der Waals surface area contributed by atoms with Gasteiger partial charge in [0.15, 0.2) is 12.0 Å². The molecule has 0 spiro atoms. The summed E-state index contributed by atoms with van der Waals surface area (Å²) in [5, 5.41) is -0.153. The Labute approximate surface area is 113 Å². The van der Waals surface area contributed by atoms with E-state index in [1.54, 1.807) is 0 Å². The molecule has 0 aliphatic carbocycles. The minimum atomic E-state index is -3.64. The quantitative estimate of drug-likeness (QED) is 0.749. The van der Waals surface area contributed by atoms with Crippen molar-refractivity contribution in [2.24, 2.45) is 0 Å². The van der Waals surface area contributed by atoms with Crippen LogP contribution in [-0.2, 0) is 10.0 Å². The fourth-order valence-corrected chi connectivity index (χ4v) is 3.99. The third-order valence-electron chi connectivity index (χ3n) is 3.18. The maximum atomic E-state index is 12.5. The van der Waals surface area contributed by atoms with Crippen molar-refractivity contribution >= 4 is 16.3 Å². The highest BCUT2D eigenvalue weighted by Gasteiger charge is 2.37. The van der Waals surface area contributed by atoms with Gasteiger partial charge in [0.2, 0.25) is 5.09 Å². The molecule has 2 heterocycles. The van der Waals surface area contributed by atoms with E-state index in [2.05, 4.69) is 0 Å². The Hall–Kier alpha value is -1.18. The molecule has 6 nitrogen and oxygen atoms in total. The summed E-state index contributed by atoms with van der Waals surface area (Å²) in [6.45, 7) is 1.18. The Kier molecular flexibility index (Phi) is 4.07. The number of sulfonamides is 1. The van der Waals surface area contributed by atoms with Gasteiger partial charge in [0, 0.05) is 19.1 Å². The van der Waals surface area contributed by atoms with E-state index in [0.29, 0.717) is 19.4 Å². The van der Waals surface area contributed by atoms with Crippen LogP contribution in [0.15, 0.2) is 21.6 Å². The van der Waals surface area contributed by atoms with Gasteiger partial charge in [0.1, 0.15) is 0 Å². The van der Waals surface area contributed by atoms with Crippen LogP contribution in [0, 0.1) is 0 Å². The Balaban J connectivity index is 2.25. The van der Waals surface area contributed by atoms with Crippen LogP contribution in [0.3, 0.4) is 0 Å². The average molecular weight is 286 g/mol. The molecular weight excluding hydrogens is 268 g/mol. The number of furan rings is 1. The molecule has 1 aromatic heterocycles. The molecule has 1 unspecified atom stereocenters. The number of hydrogen-bond acceptors (Lipinski definition) is 5. The summed E-state index contributed by atoms with van der Waals surface area (Å²) >= 11 is 0. The van der Waals surface area contributed by atoms with Crippen molar-refractivity contribution in [1.29, 1.82) is 0 Å². The maximum Gasteiger partial charge on any atom is 0.276 e. The Bertz CT molecular complexity index is 550. The second-order valence-electron chi connectivity index (χ2n) is 4.95. The van der Waals surface area contributed by atoms with E-state index in [-0.39, 0.29) is 16.9 Å². The Morgan fingerprint density at radius 2 is 2.21 bits per heavy atom. The smallest absolute Gasteiger partial charge is 0.276 e. The number of aldehydes is 1. The molecule has 1 aromatic rings. The summed E-state index contributed by atoms with van der Waals surface area (Å²) in [5.41, 5.74) is 0. The highest BCUT2D eigenvalue weighted by molar-refractivity contribution is 7.89. The molecule has 1 fully saturated rings. The van der Waals surface area contributed by atoms with Crippen molar-refractivity contribution < 1.29 is 17.6 Å². The predicted molar refractivity (Wildman–Crippen MR) is 69.6 cm³/mol. The Morgan fingerprint density at radius 1 is 1.47 bits per heavy atom. The van der Waals surface area contributed by atoms with Crippen LogP contribution in [-0.4, -0.2) is 57.1 Å². The lowest BCUT2D eigenvalue weighted by atomic mass is 10.2. The molecule has 1 aliphatic rings. The van der Waals surface area contributed by atoms with Gasteiger partial charge in [-0.05, 0) is 39.1 Å². The zero-order chi connectivity index (χ0) is 14.0. The summed E-state index contributed by atoms with van der Waals surface area (Å²) in [7, 11) is 0.193. The first-order valence-electron chi connectivity index (χ1n) is 6.16. The van der Waals surface area contributed by atoms with Crippen LogP contribution in [0.1, 0.15) is 23.4 Å². The number of carbonyl (C=O) groups excluding carboxylic acids is 1. The van der Waals surface area contributed by atoms with Crippen molar-refractivity contribution in [3.05, 3.63) is 17.9 Å². The van der Waals surface area contributed by atoms with Crippen molar-refractivity contribution in [2.45, 2.75) is 24.0 Å². The Morgan fingerprint density at radius 3 is 2.79 bits per heavy atom. The van der Waals surface area contributed by atoms with Gasteiger partial charge in [-0.25, -0.2) is 8.42 Å². The van der Waals surface area contributed by atoms with Crippen LogP contribution in [0.5, 0.6) is 0 Å². The predicted octanol–water partition coefficient (Wildman–Crippen LogP) is 0.807. The molecule has 0 amide bonds. The third kappa shape index (κ3) is 2.88. The molecule has 7 heteroatoms. The van der Waals surface area contributed by atoms with Gasteiger partial charge >= 0.3 is 0 Å². The van der Waals surface area contributed by atoms with Gasteiger partial charge < -0.3 is 9.32 Å². The second-order valence-corrected chi connectivity index (χ2v) is 6.77. The number of hydrogen-bond donors (Lipinski definition) is 0. The molecule has 19 heavy (non-hydrogen) atoms. The fraction of sp³-hybridized carbons (Fsp3) is 0.583. The molecule has 1 saturated heterocycles. The first kappa shape index (κ1) is 14.2. The highest BCUT2D eigenvalue weighted by Crippen LogP contribution is 2.27. The van der Waals surface area contributed by atoms with Gasteiger partial charge in [-0.15, -0.1) is 0 Å².